The van der Waals surface area contributed by atoms with Gasteiger partial charge in [-0.2, -0.15) is 0 Å². The molecule has 0 saturated carbocycles. The van der Waals surface area contributed by atoms with E-state index in [2.05, 4.69) is 9.97 Å². The van der Waals surface area contributed by atoms with Gasteiger partial charge in [-0.05, 0) is 25.0 Å². The minimum atomic E-state index is -0.656. The Hall–Kier alpha value is -4.01. The molecule has 9 nitrogen and oxygen atoms in total. The number of nitrogens with zero attached hydrogens (tertiary/aromatic N) is 4. The third-order valence-electron chi connectivity index (χ3n) is 6.02. The Labute approximate surface area is 203 Å². The summed E-state index contributed by atoms with van der Waals surface area (Å²) in [5, 5.41) is 0. The Morgan fingerprint density at radius 2 is 1.77 bits per heavy atom. The van der Waals surface area contributed by atoms with Crippen molar-refractivity contribution in [1.29, 1.82) is 0 Å². The summed E-state index contributed by atoms with van der Waals surface area (Å²) in [6, 6.07) is 12.3. The van der Waals surface area contributed by atoms with Gasteiger partial charge in [0.25, 0.3) is 11.8 Å². The topological polar surface area (TPSA) is 106 Å². The molecular formula is C26H28N4O5. The van der Waals surface area contributed by atoms with Crippen LogP contribution < -0.4 is 0 Å². The molecule has 1 aliphatic rings. The quantitative estimate of drug-likeness (QED) is 0.518. The van der Waals surface area contributed by atoms with Gasteiger partial charge < -0.3 is 19.0 Å². The highest BCUT2D eigenvalue weighted by Gasteiger charge is 2.35. The maximum atomic E-state index is 13.8. The molecule has 0 radical (unpaired) electrons. The predicted molar refractivity (Wildman–Crippen MR) is 128 cm³/mol. The van der Waals surface area contributed by atoms with Crippen LogP contribution in [-0.4, -0.2) is 70.3 Å². The van der Waals surface area contributed by atoms with Gasteiger partial charge in [0.05, 0.1) is 19.1 Å². The van der Waals surface area contributed by atoms with Gasteiger partial charge in [0, 0.05) is 31.2 Å². The predicted octanol–water partition coefficient (Wildman–Crippen LogP) is 3.63. The fraction of sp³-hybridized carbons (Fsp3) is 0.346. The van der Waals surface area contributed by atoms with Gasteiger partial charge in [0.1, 0.15) is 11.3 Å². The van der Waals surface area contributed by atoms with Crippen LogP contribution in [0, 0.1) is 0 Å². The lowest BCUT2D eigenvalue weighted by molar-refractivity contribution is 0.0390. The zero-order chi connectivity index (χ0) is 25.1. The minimum Gasteiger partial charge on any atom is -0.465 e. The summed E-state index contributed by atoms with van der Waals surface area (Å²) in [5.41, 5.74) is 1.28. The smallest absolute Gasteiger partial charge is 0.342 e. The van der Waals surface area contributed by atoms with Crippen LogP contribution in [0.1, 0.15) is 63.8 Å². The Morgan fingerprint density at radius 3 is 2.37 bits per heavy atom. The zero-order valence-electron chi connectivity index (χ0n) is 20.2. The van der Waals surface area contributed by atoms with Crippen LogP contribution in [0.25, 0.3) is 11.4 Å². The summed E-state index contributed by atoms with van der Waals surface area (Å²) < 4.78 is 10.3. The number of aromatic nitrogens is 2. The molecule has 0 aliphatic carbocycles. The monoisotopic (exact) mass is 476 g/mol. The van der Waals surface area contributed by atoms with Crippen LogP contribution in [0.15, 0.2) is 53.1 Å². The molecule has 3 heterocycles. The average molecular weight is 477 g/mol. The van der Waals surface area contributed by atoms with E-state index in [1.165, 1.54) is 13.4 Å². The normalized spacial score (nSPS) is 15.9. The molecule has 1 saturated heterocycles. The van der Waals surface area contributed by atoms with E-state index < -0.39 is 11.9 Å². The number of piperazine rings is 1. The first kappa shape index (κ1) is 24.1. The van der Waals surface area contributed by atoms with E-state index >= 15 is 0 Å². The number of rotatable bonds is 5. The van der Waals surface area contributed by atoms with Crippen LogP contribution >= 0.6 is 0 Å². The molecule has 1 atom stereocenters. The van der Waals surface area contributed by atoms with E-state index in [-0.39, 0.29) is 48.0 Å². The second-order valence-electron chi connectivity index (χ2n) is 8.74. The molecule has 0 bridgehead atoms. The van der Waals surface area contributed by atoms with Gasteiger partial charge in [0.15, 0.2) is 11.6 Å². The number of ether oxygens (including phenoxy) is 1. The molecule has 1 aromatic carbocycles. The number of benzene rings is 1. The summed E-state index contributed by atoms with van der Waals surface area (Å²) in [4.78, 5) is 51.8. The molecule has 2 aromatic heterocycles. The molecule has 1 fully saturated rings. The first-order chi connectivity index (χ1) is 16.8. The van der Waals surface area contributed by atoms with Gasteiger partial charge in [-0.3, -0.25) is 9.59 Å². The first-order valence-electron chi connectivity index (χ1n) is 11.5. The third-order valence-corrected chi connectivity index (χ3v) is 6.02. The standard InChI is InChI=1S/C26H28N4O5/c1-16(2)21-20(26(33)34-4)22(28-23(27-21)18-9-6-5-7-10-18)25(32)29-12-13-30(17(3)15-29)24(31)19-11-8-14-35-19/h5-11,14,16-17H,12-13,15H2,1-4H3. The first-order valence-corrected chi connectivity index (χ1v) is 11.5. The van der Waals surface area contributed by atoms with Crippen molar-refractivity contribution in [2.24, 2.45) is 0 Å². The van der Waals surface area contributed by atoms with Crippen molar-refractivity contribution in [3.63, 3.8) is 0 Å². The molecule has 35 heavy (non-hydrogen) atoms. The van der Waals surface area contributed by atoms with Crippen molar-refractivity contribution in [2.45, 2.75) is 32.7 Å². The summed E-state index contributed by atoms with van der Waals surface area (Å²) in [7, 11) is 1.27. The van der Waals surface area contributed by atoms with Crippen molar-refractivity contribution in [1.82, 2.24) is 19.8 Å². The Bertz CT molecular complexity index is 1220. The highest BCUT2D eigenvalue weighted by atomic mass is 16.5. The minimum absolute atomic E-state index is 0.00686. The maximum absolute atomic E-state index is 13.8. The van der Waals surface area contributed by atoms with Gasteiger partial charge in [0.2, 0.25) is 0 Å². The molecule has 1 unspecified atom stereocenters. The van der Waals surface area contributed by atoms with E-state index in [9.17, 15) is 14.4 Å². The van der Waals surface area contributed by atoms with Crippen LogP contribution in [-0.2, 0) is 4.74 Å². The Balaban J connectivity index is 1.70. The van der Waals surface area contributed by atoms with Crippen molar-refractivity contribution >= 4 is 17.8 Å². The lowest BCUT2D eigenvalue weighted by Crippen LogP contribution is -2.55. The molecular weight excluding hydrogens is 448 g/mol. The SMILES string of the molecule is COC(=O)c1c(C(=O)N2CCN(C(=O)c3ccco3)C(C)C2)nc(-c2ccccc2)nc1C(C)C. The van der Waals surface area contributed by atoms with E-state index in [0.29, 0.717) is 18.1 Å². The maximum Gasteiger partial charge on any atom is 0.342 e. The number of methoxy groups -OCH3 is 1. The average Bonchev–Trinajstić information content (AvgIpc) is 3.42. The molecule has 0 N–H and O–H groups in total. The summed E-state index contributed by atoms with van der Waals surface area (Å²) in [5.74, 6) is -0.803. The van der Waals surface area contributed by atoms with Crippen LogP contribution in [0.5, 0.6) is 0 Å². The van der Waals surface area contributed by atoms with Crippen LogP contribution in [0.4, 0.5) is 0 Å². The summed E-state index contributed by atoms with van der Waals surface area (Å²) in [6.07, 6.45) is 1.46. The lowest BCUT2D eigenvalue weighted by atomic mass is 10.00. The van der Waals surface area contributed by atoms with E-state index in [0.717, 1.165) is 5.56 Å². The van der Waals surface area contributed by atoms with Crippen LogP contribution in [0.2, 0.25) is 0 Å². The third kappa shape index (κ3) is 4.80. The number of carbonyl (C=O) groups excluding carboxylic acids is 3. The Morgan fingerprint density at radius 1 is 1.03 bits per heavy atom. The highest BCUT2D eigenvalue weighted by molar-refractivity contribution is 6.05. The van der Waals surface area contributed by atoms with E-state index in [1.807, 2.05) is 51.1 Å². The second kappa shape index (κ2) is 10.1. The van der Waals surface area contributed by atoms with E-state index in [1.54, 1.807) is 21.9 Å². The van der Waals surface area contributed by atoms with Gasteiger partial charge in [-0.1, -0.05) is 44.2 Å². The van der Waals surface area contributed by atoms with Crippen molar-refractivity contribution in [3.8, 4) is 11.4 Å². The zero-order valence-corrected chi connectivity index (χ0v) is 20.2. The van der Waals surface area contributed by atoms with Crippen molar-refractivity contribution in [3.05, 3.63) is 71.4 Å². The molecule has 0 spiro atoms. The largest absolute Gasteiger partial charge is 0.465 e. The van der Waals surface area contributed by atoms with Crippen LogP contribution in [0.3, 0.4) is 0 Å². The van der Waals surface area contributed by atoms with Crippen molar-refractivity contribution in [2.75, 3.05) is 26.7 Å². The van der Waals surface area contributed by atoms with Gasteiger partial charge in [-0.15, -0.1) is 0 Å². The fourth-order valence-electron chi connectivity index (χ4n) is 4.21. The molecule has 3 aromatic rings. The molecule has 9 heteroatoms. The van der Waals surface area contributed by atoms with Gasteiger partial charge in [-0.25, -0.2) is 14.8 Å². The summed E-state index contributed by atoms with van der Waals surface area (Å²) >= 11 is 0. The van der Waals surface area contributed by atoms with Crippen molar-refractivity contribution < 1.29 is 23.5 Å². The number of hydrogen-bond acceptors (Lipinski definition) is 7. The number of amides is 2. The van der Waals surface area contributed by atoms with E-state index in [4.69, 9.17) is 9.15 Å². The summed E-state index contributed by atoms with van der Waals surface area (Å²) in [6.45, 7) is 6.58. The number of carbonyl (C=O) groups is 3. The molecule has 2 amide bonds. The second-order valence-corrected chi connectivity index (χ2v) is 8.74. The van der Waals surface area contributed by atoms with Gasteiger partial charge >= 0.3 is 5.97 Å². The number of hydrogen-bond donors (Lipinski definition) is 0. The number of furan rings is 1. The molecule has 1 aliphatic heterocycles. The highest BCUT2D eigenvalue weighted by Crippen LogP contribution is 2.27. The number of esters is 1. The fourth-order valence-corrected chi connectivity index (χ4v) is 4.21. The molecule has 182 valence electrons. The molecule has 4 rings (SSSR count). The Kier molecular flexibility index (Phi) is 6.95. The lowest BCUT2D eigenvalue weighted by Gasteiger charge is -2.39.